The lowest BCUT2D eigenvalue weighted by atomic mass is 10.1. The van der Waals surface area contributed by atoms with Crippen molar-refractivity contribution in [1.29, 1.82) is 0 Å². The molecule has 1 rings (SSSR count). The van der Waals surface area contributed by atoms with Crippen LogP contribution >= 0.6 is 0 Å². The van der Waals surface area contributed by atoms with Crippen molar-refractivity contribution in [2.45, 2.75) is 25.7 Å². The number of nitrogens with zero attached hydrogens (tertiary/aromatic N) is 1. The first-order valence-electron chi connectivity index (χ1n) is 3.74. The van der Waals surface area contributed by atoms with E-state index < -0.39 is 5.97 Å². The van der Waals surface area contributed by atoms with E-state index in [0.717, 1.165) is 5.71 Å². The maximum absolute atomic E-state index is 10.6. The molecule has 0 aliphatic carbocycles. The Labute approximate surface area is 69.5 Å². The van der Waals surface area contributed by atoms with Crippen LogP contribution in [0.5, 0.6) is 0 Å². The molecule has 0 bridgehead atoms. The number of aliphatic carboxylic acids is 1. The number of amides is 1. The summed E-state index contributed by atoms with van der Waals surface area (Å²) in [5.41, 5.74) is 3.06. The molecule has 1 aliphatic rings. The third-order valence-electron chi connectivity index (χ3n) is 1.56. The highest BCUT2D eigenvalue weighted by Crippen LogP contribution is 2.04. The molecule has 0 spiro atoms. The average Bonchev–Trinajstić information content (AvgIpc) is 2.35. The number of carbonyl (C=O) groups is 2. The molecule has 0 fully saturated rings. The minimum atomic E-state index is -0.812. The van der Waals surface area contributed by atoms with Gasteiger partial charge in [0.05, 0.1) is 6.42 Å². The van der Waals surface area contributed by atoms with Crippen molar-refractivity contribution in [2.24, 2.45) is 5.10 Å². The fraction of sp³-hybridized carbons (Fsp3) is 0.571. The largest absolute Gasteiger partial charge is 0.481 e. The molecule has 1 amide bonds. The minimum absolute atomic E-state index is 0.111. The van der Waals surface area contributed by atoms with Gasteiger partial charge in [0.15, 0.2) is 0 Å². The lowest BCUT2D eigenvalue weighted by Gasteiger charge is -1.94. The Morgan fingerprint density at radius 1 is 1.67 bits per heavy atom. The smallest absolute Gasteiger partial charge is 0.303 e. The molecule has 0 saturated carbocycles. The summed E-state index contributed by atoms with van der Waals surface area (Å²) in [5.74, 6) is -0.923. The number of carbonyl (C=O) groups excluding carboxylic acids is 1. The van der Waals surface area contributed by atoms with Crippen LogP contribution in [0.3, 0.4) is 0 Å². The Bertz CT molecular complexity index is 235. The quantitative estimate of drug-likeness (QED) is 0.628. The van der Waals surface area contributed by atoms with Crippen molar-refractivity contribution >= 4 is 17.6 Å². The molecule has 1 aliphatic heterocycles. The predicted molar refractivity (Wildman–Crippen MR) is 41.7 cm³/mol. The monoisotopic (exact) mass is 170 g/mol. The van der Waals surface area contributed by atoms with E-state index in [9.17, 15) is 9.59 Å². The van der Waals surface area contributed by atoms with Crippen LogP contribution in [-0.4, -0.2) is 22.7 Å². The first kappa shape index (κ1) is 8.70. The summed E-state index contributed by atoms with van der Waals surface area (Å²) < 4.78 is 0. The van der Waals surface area contributed by atoms with E-state index in [1.807, 2.05) is 0 Å². The number of hydrazone groups is 1. The first-order chi connectivity index (χ1) is 5.68. The van der Waals surface area contributed by atoms with Gasteiger partial charge in [0.1, 0.15) is 0 Å². The number of carboxylic acids is 1. The van der Waals surface area contributed by atoms with Crippen LogP contribution in [0.1, 0.15) is 25.7 Å². The number of rotatable bonds is 4. The molecule has 1 heterocycles. The zero-order chi connectivity index (χ0) is 8.97. The number of nitrogens with one attached hydrogen (secondary N) is 1. The van der Waals surface area contributed by atoms with E-state index in [1.165, 1.54) is 0 Å². The van der Waals surface area contributed by atoms with Crippen molar-refractivity contribution in [3.05, 3.63) is 0 Å². The van der Waals surface area contributed by atoms with Crippen LogP contribution in [0.2, 0.25) is 0 Å². The molecule has 0 atom stereocenters. The second kappa shape index (κ2) is 3.85. The minimum Gasteiger partial charge on any atom is -0.481 e. The van der Waals surface area contributed by atoms with Crippen LogP contribution in [-0.2, 0) is 9.59 Å². The number of hydrogen-bond acceptors (Lipinski definition) is 3. The van der Waals surface area contributed by atoms with Crippen LogP contribution < -0.4 is 5.43 Å². The topological polar surface area (TPSA) is 78.8 Å². The normalized spacial score (nSPS) is 15.7. The Kier molecular flexibility index (Phi) is 2.79. The van der Waals surface area contributed by atoms with Gasteiger partial charge in [-0.05, 0) is 12.8 Å². The third kappa shape index (κ3) is 2.69. The molecular weight excluding hydrogens is 160 g/mol. The first-order valence-corrected chi connectivity index (χ1v) is 3.74. The molecule has 66 valence electrons. The molecular formula is C7H10N2O3. The zero-order valence-electron chi connectivity index (χ0n) is 6.54. The van der Waals surface area contributed by atoms with E-state index >= 15 is 0 Å². The van der Waals surface area contributed by atoms with Crippen LogP contribution in [0, 0.1) is 0 Å². The van der Waals surface area contributed by atoms with Crippen LogP contribution in [0.4, 0.5) is 0 Å². The van der Waals surface area contributed by atoms with Gasteiger partial charge in [-0.2, -0.15) is 5.10 Å². The number of carboxylic acid groups (broad SMARTS) is 1. The van der Waals surface area contributed by atoms with Gasteiger partial charge < -0.3 is 5.11 Å². The van der Waals surface area contributed by atoms with Gasteiger partial charge >= 0.3 is 5.97 Å². The van der Waals surface area contributed by atoms with E-state index in [4.69, 9.17) is 5.11 Å². The molecule has 0 aromatic carbocycles. The van der Waals surface area contributed by atoms with Crippen molar-refractivity contribution in [3.8, 4) is 0 Å². The van der Waals surface area contributed by atoms with Gasteiger partial charge in [-0.25, -0.2) is 5.43 Å². The molecule has 0 aromatic rings. The maximum Gasteiger partial charge on any atom is 0.303 e. The summed E-state index contributed by atoms with van der Waals surface area (Å²) in [6, 6.07) is 0. The Morgan fingerprint density at radius 2 is 2.42 bits per heavy atom. The molecule has 0 saturated heterocycles. The highest BCUT2D eigenvalue weighted by molar-refractivity contribution is 6.04. The maximum atomic E-state index is 10.6. The summed E-state index contributed by atoms with van der Waals surface area (Å²) in [4.78, 5) is 20.7. The molecule has 0 radical (unpaired) electrons. The Hall–Kier alpha value is -1.39. The molecule has 2 N–H and O–H groups in total. The SMILES string of the molecule is O=C(O)CCCC1=NNC(=O)C1. The van der Waals surface area contributed by atoms with Gasteiger partial charge in [0.25, 0.3) is 0 Å². The third-order valence-corrected chi connectivity index (χ3v) is 1.56. The number of hydrogen-bond donors (Lipinski definition) is 2. The van der Waals surface area contributed by atoms with Crippen LogP contribution in [0.25, 0.3) is 0 Å². The summed E-state index contributed by atoms with van der Waals surface area (Å²) in [5, 5.41) is 12.1. The summed E-state index contributed by atoms with van der Waals surface area (Å²) in [7, 11) is 0. The van der Waals surface area contributed by atoms with Gasteiger partial charge in [-0.15, -0.1) is 0 Å². The lowest BCUT2D eigenvalue weighted by molar-refractivity contribution is -0.137. The zero-order valence-corrected chi connectivity index (χ0v) is 6.54. The predicted octanol–water partition coefficient (Wildman–Crippen LogP) is 0.117. The molecule has 0 aromatic heterocycles. The van der Waals surface area contributed by atoms with Gasteiger partial charge in [0.2, 0.25) is 5.91 Å². The molecule has 5 nitrogen and oxygen atoms in total. The standard InChI is InChI=1S/C7H10N2O3/c10-6-4-5(8-9-6)2-1-3-7(11)12/h1-4H2,(H,9,10)(H,11,12). The summed E-state index contributed by atoms with van der Waals surface area (Å²) in [6.45, 7) is 0. The average molecular weight is 170 g/mol. The molecule has 5 heteroatoms. The second-order valence-corrected chi connectivity index (χ2v) is 2.64. The highest BCUT2D eigenvalue weighted by Gasteiger charge is 2.13. The van der Waals surface area contributed by atoms with E-state index in [2.05, 4.69) is 10.5 Å². The fourth-order valence-corrected chi connectivity index (χ4v) is 0.994. The second-order valence-electron chi connectivity index (χ2n) is 2.64. The van der Waals surface area contributed by atoms with E-state index in [-0.39, 0.29) is 12.3 Å². The van der Waals surface area contributed by atoms with Crippen molar-refractivity contribution < 1.29 is 14.7 Å². The molecule has 12 heavy (non-hydrogen) atoms. The lowest BCUT2D eigenvalue weighted by Crippen LogP contribution is -2.09. The van der Waals surface area contributed by atoms with Crippen LogP contribution in [0.15, 0.2) is 5.10 Å². The van der Waals surface area contributed by atoms with Gasteiger partial charge in [-0.3, -0.25) is 9.59 Å². The van der Waals surface area contributed by atoms with Crippen molar-refractivity contribution in [3.63, 3.8) is 0 Å². The van der Waals surface area contributed by atoms with Gasteiger partial charge in [0, 0.05) is 12.1 Å². The summed E-state index contributed by atoms with van der Waals surface area (Å²) >= 11 is 0. The van der Waals surface area contributed by atoms with E-state index in [1.54, 1.807) is 0 Å². The highest BCUT2D eigenvalue weighted by atomic mass is 16.4. The summed E-state index contributed by atoms with van der Waals surface area (Å²) in [6.07, 6.45) is 1.58. The van der Waals surface area contributed by atoms with Crippen molar-refractivity contribution in [2.75, 3.05) is 0 Å². The van der Waals surface area contributed by atoms with Crippen molar-refractivity contribution in [1.82, 2.24) is 5.43 Å². The Morgan fingerprint density at radius 3 is 2.92 bits per heavy atom. The van der Waals surface area contributed by atoms with E-state index in [0.29, 0.717) is 19.3 Å². The van der Waals surface area contributed by atoms with Gasteiger partial charge in [-0.1, -0.05) is 0 Å². The Balaban J connectivity index is 2.16. The molecule has 0 unspecified atom stereocenters. The fourth-order valence-electron chi connectivity index (χ4n) is 0.994.